The van der Waals surface area contributed by atoms with Crippen molar-refractivity contribution < 1.29 is 9.53 Å². The van der Waals surface area contributed by atoms with E-state index in [-0.39, 0.29) is 17.3 Å². The van der Waals surface area contributed by atoms with E-state index in [4.69, 9.17) is 10.5 Å². The molecule has 0 aliphatic carbocycles. The molecule has 1 aliphatic rings. The van der Waals surface area contributed by atoms with Gasteiger partial charge in [0.05, 0.1) is 6.61 Å². The minimum atomic E-state index is 0.0896. The number of nitrogens with two attached hydrogens (primary N) is 1. The molecule has 1 amide bonds. The van der Waals surface area contributed by atoms with Gasteiger partial charge in [0, 0.05) is 30.1 Å². The number of rotatable bonds is 4. The van der Waals surface area contributed by atoms with Crippen molar-refractivity contribution in [2.75, 3.05) is 38.6 Å². The molecule has 0 atom stereocenters. The van der Waals surface area contributed by atoms with Crippen molar-refractivity contribution in [1.29, 1.82) is 0 Å². The molecule has 1 aliphatic heterocycles. The van der Waals surface area contributed by atoms with Crippen molar-refractivity contribution in [3.8, 4) is 0 Å². The lowest BCUT2D eigenvalue weighted by Crippen LogP contribution is -2.36. The van der Waals surface area contributed by atoms with Crippen LogP contribution in [0.15, 0.2) is 0 Å². The molecule has 0 saturated carbocycles. The molecule has 0 aromatic heterocycles. The molecule has 0 aromatic rings. The quantitative estimate of drug-likeness (QED) is 0.742. The van der Waals surface area contributed by atoms with Gasteiger partial charge in [-0.2, -0.15) is 11.8 Å². The van der Waals surface area contributed by atoms with E-state index in [1.165, 1.54) is 0 Å². The maximum absolute atomic E-state index is 11.8. The largest absolute Gasteiger partial charge is 0.370 e. The van der Waals surface area contributed by atoms with Gasteiger partial charge < -0.3 is 15.4 Å². The molecule has 1 rings (SSSR count). The highest BCUT2D eigenvalue weighted by Crippen LogP contribution is 2.30. The van der Waals surface area contributed by atoms with Crippen molar-refractivity contribution in [3.05, 3.63) is 0 Å². The van der Waals surface area contributed by atoms with E-state index in [2.05, 4.69) is 13.8 Å². The van der Waals surface area contributed by atoms with Crippen molar-refractivity contribution in [2.24, 2.45) is 5.73 Å². The highest BCUT2D eigenvalue weighted by Gasteiger charge is 2.25. The Labute approximate surface area is 102 Å². The van der Waals surface area contributed by atoms with Crippen LogP contribution in [0.1, 0.15) is 20.3 Å². The van der Waals surface area contributed by atoms with Crippen LogP contribution in [0.5, 0.6) is 0 Å². The second kappa shape index (κ2) is 6.47. The molecule has 2 N–H and O–H groups in total. The lowest BCUT2D eigenvalue weighted by Gasteiger charge is -2.22. The van der Waals surface area contributed by atoms with Crippen molar-refractivity contribution >= 4 is 17.7 Å². The second-order valence-corrected chi connectivity index (χ2v) is 6.38. The van der Waals surface area contributed by atoms with Crippen molar-refractivity contribution in [3.63, 3.8) is 0 Å². The summed E-state index contributed by atoms with van der Waals surface area (Å²) < 4.78 is 5.45. The minimum Gasteiger partial charge on any atom is -0.370 e. The highest BCUT2D eigenvalue weighted by atomic mass is 32.2. The minimum absolute atomic E-state index is 0.0896. The average molecular weight is 246 g/mol. The zero-order chi connectivity index (χ0) is 12.0. The van der Waals surface area contributed by atoms with Gasteiger partial charge in [-0.3, -0.25) is 4.79 Å². The molecular formula is C11H22N2O2S. The van der Waals surface area contributed by atoms with Gasteiger partial charge in [-0.1, -0.05) is 13.8 Å². The van der Waals surface area contributed by atoms with Crippen LogP contribution in [0.3, 0.4) is 0 Å². The van der Waals surface area contributed by atoms with Crippen LogP contribution in [0.4, 0.5) is 0 Å². The fraction of sp³-hybridized carbons (Fsp3) is 0.909. The van der Waals surface area contributed by atoms with E-state index < -0.39 is 0 Å². The van der Waals surface area contributed by atoms with Gasteiger partial charge >= 0.3 is 0 Å². The third kappa shape index (κ3) is 4.72. The fourth-order valence-corrected chi connectivity index (χ4v) is 2.70. The van der Waals surface area contributed by atoms with Gasteiger partial charge in [-0.15, -0.1) is 0 Å². The predicted octanol–water partition coefficient (Wildman–Crippen LogP) is 0.706. The zero-order valence-electron chi connectivity index (χ0n) is 10.2. The van der Waals surface area contributed by atoms with Crippen LogP contribution in [0.25, 0.3) is 0 Å². The molecule has 0 spiro atoms. The SMILES string of the molecule is CC1(C)CCN(C(=O)COCCN)CCS1. The number of carbonyl (C=O) groups excluding carboxylic acids is 1. The normalized spacial score (nSPS) is 20.6. The van der Waals surface area contributed by atoms with Crippen LogP contribution in [-0.2, 0) is 9.53 Å². The van der Waals surface area contributed by atoms with Gasteiger partial charge in [0.25, 0.3) is 0 Å². The Hall–Kier alpha value is -0.260. The lowest BCUT2D eigenvalue weighted by atomic mass is 10.1. The third-order valence-corrected chi connectivity index (χ3v) is 4.05. The molecule has 16 heavy (non-hydrogen) atoms. The van der Waals surface area contributed by atoms with Crippen molar-refractivity contribution in [2.45, 2.75) is 25.0 Å². The first-order chi connectivity index (χ1) is 7.55. The van der Waals surface area contributed by atoms with Crippen LogP contribution in [0, 0.1) is 0 Å². The van der Waals surface area contributed by atoms with E-state index in [1.54, 1.807) is 0 Å². The average Bonchev–Trinajstić information content (AvgIpc) is 2.39. The van der Waals surface area contributed by atoms with Gasteiger partial charge in [0.1, 0.15) is 6.61 Å². The summed E-state index contributed by atoms with van der Waals surface area (Å²) in [5.74, 6) is 1.10. The van der Waals surface area contributed by atoms with Crippen molar-refractivity contribution in [1.82, 2.24) is 4.90 Å². The summed E-state index contributed by atoms with van der Waals surface area (Å²) in [5.41, 5.74) is 5.30. The van der Waals surface area contributed by atoms with Gasteiger partial charge in [-0.05, 0) is 6.42 Å². The van der Waals surface area contributed by atoms with Gasteiger partial charge in [0.2, 0.25) is 5.91 Å². The summed E-state index contributed by atoms with van der Waals surface area (Å²) in [6.07, 6.45) is 1.04. The van der Waals surface area contributed by atoms with Crippen LogP contribution in [0.2, 0.25) is 0 Å². The molecule has 1 saturated heterocycles. The molecule has 94 valence electrons. The third-order valence-electron chi connectivity index (χ3n) is 2.68. The summed E-state index contributed by atoms with van der Waals surface area (Å²) in [5, 5.41) is 0. The molecule has 0 bridgehead atoms. The standard InChI is InChI=1S/C11H22N2O2S/c1-11(2)3-5-13(6-8-16-11)10(14)9-15-7-4-12/h3-9,12H2,1-2H3. The van der Waals surface area contributed by atoms with Gasteiger partial charge in [0.15, 0.2) is 0 Å². The number of hydrogen-bond donors (Lipinski definition) is 1. The van der Waals surface area contributed by atoms with Crippen LogP contribution < -0.4 is 5.73 Å². The number of ether oxygens (including phenoxy) is 1. The van der Waals surface area contributed by atoms with E-state index in [1.807, 2.05) is 16.7 Å². The number of thioether (sulfide) groups is 1. The van der Waals surface area contributed by atoms with E-state index >= 15 is 0 Å². The molecule has 0 aromatic carbocycles. The smallest absolute Gasteiger partial charge is 0.248 e. The Balaban J connectivity index is 2.33. The summed E-state index contributed by atoms with van der Waals surface area (Å²) in [7, 11) is 0. The number of hydrogen-bond acceptors (Lipinski definition) is 4. The summed E-state index contributed by atoms with van der Waals surface area (Å²) in [4.78, 5) is 13.7. The highest BCUT2D eigenvalue weighted by molar-refractivity contribution is 8.00. The fourth-order valence-electron chi connectivity index (χ4n) is 1.60. The predicted molar refractivity (Wildman–Crippen MR) is 67.6 cm³/mol. The van der Waals surface area contributed by atoms with E-state index in [9.17, 15) is 4.79 Å². The summed E-state index contributed by atoms with van der Waals surface area (Å²) in [6.45, 7) is 7.23. The van der Waals surface area contributed by atoms with E-state index in [0.29, 0.717) is 13.2 Å². The Morgan fingerprint density at radius 2 is 2.25 bits per heavy atom. The Bertz CT molecular complexity index is 234. The first-order valence-electron chi connectivity index (χ1n) is 5.75. The van der Waals surface area contributed by atoms with Crippen LogP contribution in [-0.4, -0.2) is 54.2 Å². The Kier molecular flexibility index (Phi) is 5.58. The Morgan fingerprint density at radius 3 is 2.94 bits per heavy atom. The topological polar surface area (TPSA) is 55.6 Å². The molecule has 4 nitrogen and oxygen atoms in total. The zero-order valence-corrected chi connectivity index (χ0v) is 11.0. The number of carbonyl (C=O) groups is 1. The van der Waals surface area contributed by atoms with Crippen LogP contribution >= 0.6 is 11.8 Å². The Morgan fingerprint density at radius 1 is 1.50 bits per heavy atom. The number of nitrogens with zero attached hydrogens (tertiary/aromatic N) is 1. The maximum atomic E-state index is 11.8. The lowest BCUT2D eigenvalue weighted by molar-refractivity contribution is -0.135. The number of amides is 1. The first kappa shape index (κ1) is 13.8. The first-order valence-corrected chi connectivity index (χ1v) is 6.73. The molecule has 5 heteroatoms. The molecule has 0 radical (unpaired) electrons. The molecule has 1 fully saturated rings. The summed E-state index contributed by atoms with van der Waals surface area (Å²) in [6, 6.07) is 0. The second-order valence-electron chi connectivity index (χ2n) is 4.58. The summed E-state index contributed by atoms with van der Waals surface area (Å²) >= 11 is 1.94. The molecule has 0 unspecified atom stereocenters. The van der Waals surface area contributed by atoms with Gasteiger partial charge in [-0.25, -0.2) is 0 Å². The monoisotopic (exact) mass is 246 g/mol. The molecule has 1 heterocycles. The molecular weight excluding hydrogens is 224 g/mol. The van der Waals surface area contributed by atoms with E-state index in [0.717, 1.165) is 25.3 Å². The maximum Gasteiger partial charge on any atom is 0.248 e.